The summed E-state index contributed by atoms with van der Waals surface area (Å²) in [6.07, 6.45) is 1.96. The fourth-order valence-corrected chi connectivity index (χ4v) is 2.86. The van der Waals surface area contributed by atoms with Crippen LogP contribution in [0.2, 0.25) is 0 Å². The van der Waals surface area contributed by atoms with E-state index >= 15 is 0 Å². The average molecular weight is 361 g/mol. The highest BCUT2D eigenvalue weighted by atomic mass is 19.4. The molecule has 0 spiro atoms. The first-order valence-electron chi connectivity index (χ1n) is 7.67. The van der Waals surface area contributed by atoms with Crippen molar-refractivity contribution in [3.63, 3.8) is 0 Å². The standard InChI is InChI=1S/C18H11F4N3O/c19-13-7-10(6-12(9-13)18(20,21)22)8-14-16(11-2-1-3-11)24-15-4-5-23-25(15)17(14)26/h1-7,9,23H,8H2. The number of halogens is 4. The van der Waals surface area contributed by atoms with E-state index in [0.717, 1.165) is 12.1 Å². The van der Waals surface area contributed by atoms with E-state index in [-0.39, 0.29) is 17.5 Å². The highest BCUT2D eigenvalue weighted by Gasteiger charge is 2.31. The minimum absolute atomic E-state index is 0.0490. The quantitative estimate of drug-likeness (QED) is 0.723. The van der Waals surface area contributed by atoms with E-state index < -0.39 is 23.1 Å². The normalized spacial score (nSPS) is 13.8. The average Bonchev–Trinajstić information content (AvgIpc) is 2.96. The fraction of sp³-hybridized carbons (Fsp3) is 0.111. The van der Waals surface area contributed by atoms with E-state index in [1.807, 2.05) is 0 Å². The van der Waals surface area contributed by atoms with Crippen molar-refractivity contribution < 1.29 is 17.6 Å². The van der Waals surface area contributed by atoms with Crippen molar-refractivity contribution in [2.45, 2.75) is 12.6 Å². The maximum Gasteiger partial charge on any atom is 0.416 e. The van der Waals surface area contributed by atoms with Crippen molar-refractivity contribution in [3.05, 3.63) is 87.2 Å². The Balaban J connectivity index is 1.86. The number of aromatic amines is 1. The van der Waals surface area contributed by atoms with E-state index in [9.17, 15) is 22.4 Å². The summed E-state index contributed by atoms with van der Waals surface area (Å²) in [4.78, 5) is 17.2. The third kappa shape index (κ3) is 2.73. The van der Waals surface area contributed by atoms with Gasteiger partial charge < -0.3 is 0 Å². The Hall–Kier alpha value is -3.16. The SMILES string of the molecule is O=c1c(Cc2cc(F)cc(C(F)(F)F)c2)c(C2=CC=C2)nc2cc[nH]n12. The van der Waals surface area contributed by atoms with E-state index in [2.05, 4.69) is 10.1 Å². The van der Waals surface area contributed by atoms with Gasteiger partial charge in [0.1, 0.15) is 5.82 Å². The van der Waals surface area contributed by atoms with Crippen LogP contribution in [0.1, 0.15) is 22.4 Å². The van der Waals surface area contributed by atoms with E-state index in [1.165, 1.54) is 10.7 Å². The van der Waals surface area contributed by atoms with Gasteiger partial charge in [-0.15, -0.1) is 0 Å². The Morgan fingerprint density at radius 1 is 1.19 bits per heavy atom. The molecular formula is C18H11F4N3O. The number of fused-ring (bicyclic) bond motifs is 1. The zero-order valence-corrected chi connectivity index (χ0v) is 13.1. The second-order valence-electron chi connectivity index (χ2n) is 5.90. The Kier molecular flexibility index (Phi) is 3.57. The van der Waals surface area contributed by atoms with Crippen LogP contribution < -0.4 is 5.56 Å². The van der Waals surface area contributed by atoms with Crippen LogP contribution in [0.5, 0.6) is 0 Å². The Labute approximate surface area is 144 Å². The van der Waals surface area contributed by atoms with Crippen LogP contribution in [0.4, 0.5) is 17.6 Å². The van der Waals surface area contributed by atoms with Gasteiger partial charge in [-0.3, -0.25) is 9.89 Å². The zero-order chi connectivity index (χ0) is 18.5. The first-order chi connectivity index (χ1) is 12.3. The van der Waals surface area contributed by atoms with Gasteiger partial charge in [0.2, 0.25) is 0 Å². The Morgan fingerprint density at radius 3 is 2.62 bits per heavy atom. The van der Waals surface area contributed by atoms with Gasteiger partial charge in [0.05, 0.1) is 16.8 Å². The van der Waals surface area contributed by atoms with Gasteiger partial charge in [-0.05, 0) is 23.8 Å². The molecule has 0 saturated heterocycles. The predicted octanol–water partition coefficient (Wildman–Crippen LogP) is 3.72. The number of H-pyrrole nitrogens is 1. The smallest absolute Gasteiger partial charge is 0.297 e. The molecule has 0 fully saturated rings. The molecule has 2 heterocycles. The lowest BCUT2D eigenvalue weighted by atomic mass is 9.96. The molecule has 26 heavy (non-hydrogen) atoms. The summed E-state index contributed by atoms with van der Waals surface area (Å²) in [5, 5.41) is 2.71. The molecule has 0 atom stereocenters. The molecule has 4 rings (SSSR count). The van der Waals surface area contributed by atoms with Gasteiger partial charge in [0.15, 0.2) is 5.65 Å². The van der Waals surface area contributed by atoms with Crippen molar-refractivity contribution in [1.82, 2.24) is 14.6 Å². The van der Waals surface area contributed by atoms with Gasteiger partial charge in [-0.25, -0.2) is 13.9 Å². The first-order valence-corrected chi connectivity index (χ1v) is 7.67. The van der Waals surface area contributed by atoms with Crippen LogP contribution in [0.15, 0.2) is 53.5 Å². The predicted molar refractivity (Wildman–Crippen MR) is 87.1 cm³/mol. The van der Waals surface area contributed by atoms with Crippen LogP contribution in [-0.2, 0) is 12.6 Å². The molecule has 1 aliphatic carbocycles. The van der Waals surface area contributed by atoms with Gasteiger partial charge in [0, 0.05) is 24.3 Å². The fourth-order valence-electron chi connectivity index (χ4n) is 2.86. The third-order valence-electron chi connectivity index (χ3n) is 4.13. The molecule has 0 saturated carbocycles. The molecule has 8 heteroatoms. The molecular weight excluding hydrogens is 350 g/mol. The number of benzene rings is 1. The minimum atomic E-state index is -4.67. The summed E-state index contributed by atoms with van der Waals surface area (Å²) in [6, 6.07) is 3.89. The highest BCUT2D eigenvalue weighted by molar-refractivity contribution is 5.81. The molecule has 1 N–H and O–H groups in total. The topological polar surface area (TPSA) is 50.2 Å². The Morgan fingerprint density at radius 2 is 1.96 bits per heavy atom. The van der Waals surface area contributed by atoms with E-state index in [1.54, 1.807) is 24.3 Å². The number of nitrogens with zero attached hydrogens (tertiary/aromatic N) is 2. The number of nitrogens with one attached hydrogen (secondary N) is 1. The van der Waals surface area contributed by atoms with Crippen LogP contribution in [0.25, 0.3) is 11.2 Å². The second kappa shape index (κ2) is 5.69. The number of rotatable bonds is 3. The van der Waals surface area contributed by atoms with Crippen molar-refractivity contribution in [2.24, 2.45) is 0 Å². The van der Waals surface area contributed by atoms with Crippen LogP contribution in [-0.4, -0.2) is 14.6 Å². The molecule has 132 valence electrons. The lowest BCUT2D eigenvalue weighted by Crippen LogP contribution is -2.23. The largest absolute Gasteiger partial charge is 0.416 e. The molecule has 0 radical (unpaired) electrons. The number of hydrogen-bond acceptors (Lipinski definition) is 2. The summed E-state index contributed by atoms with van der Waals surface area (Å²) in [7, 11) is 0. The van der Waals surface area contributed by atoms with Crippen LogP contribution in [0, 0.1) is 5.82 Å². The summed E-state index contributed by atoms with van der Waals surface area (Å²) < 4.78 is 53.7. The maximum absolute atomic E-state index is 13.7. The summed E-state index contributed by atoms with van der Waals surface area (Å²) >= 11 is 0. The van der Waals surface area contributed by atoms with Gasteiger partial charge >= 0.3 is 6.18 Å². The molecule has 1 aliphatic rings. The molecule has 0 aliphatic heterocycles. The number of alkyl halides is 3. The number of allylic oxidation sites excluding steroid dienone is 4. The molecule has 4 nitrogen and oxygen atoms in total. The zero-order valence-electron chi connectivity index (χ0n) is 13.1. The molecule has 3 aromatic rings. The van der Waals surface area contributed by atoms with Crippen molar-refractivity contribution in [3.8, 4) is 0 Å². The van der Waals surface area contributed by atoms with Gasteiger partial charge in [0.25, 0.3) is 5.56 Å². The lowest BCUT2D eigenvalue weighted by molar-refractivity contribution is -0.137. The molecule has 1 aromatic carbocycles. The lowest BCUT2D eigenvalue weighted by Gasteiger charge is -2.14. The summed E-state index contributed by atoms with van der Waals surface area (Å²) in [5.74, 6) is -1.01. The second-order valence-corrected chi connectivity index (χ2v) is 5.90. The van der Waals surface area contributed by atoms with Crippen LogP contribution >= 0.6 is 0 Å². The third-order valence-corrected chi connectivity index (χ3v) is 4.13. The van der Waals surface area contributed by atoms with Crippen molar-refractivity contribution in [2.75, 3.05) is 0 Å². The number of aromatic nitrogens is 3. The van der Waals surface area contributed by atoms with Crippen LogP contribution in [0.3, 0.4) is 0 Å². The highest BCUT2D eigenvalue weighted by Crippen LogP contribution is 2.31. The minimum Gasteiger partial charge on any atom is -0.297 e. The monoisotopic (exact) mass is 361 g/mol. The molecule has 2 aromatic heterocycles. The summed E-state index contributed by atoms with van der Waals surface area (Å²) in [5.41, 5.74) is 0.195. The summed E-state index contributed by atoms with van der Waals surface area (Å²) in [6.45, 7) is 0. The molecule has 0 amide bonds. The van der Waals surface area contributed by atoms with Gasteiger partial charge in [-0.2, -0.15) is 13.2 Å². The van der Waals surface area contributed by atoms with E-state index in [0.29, 0.717) is 23.0 Å². The van der Waals surface area contributed by atoms with Crippen molar-refractivity contribution in [1.29, 1.82) is 0 Å². The Bertz CT molecular complexity index is 1140. The maximum atomic E-state index is 13.7. The first kappa shape index (κ1) is 16.3. The molecule has 0 bridgehead atoms. The number of hydrogen-bond donors (Lipinski definition) is 1. The van der Waals surface area contributed by atoms with E-state index in [4.69, 9.17) is 0 Å². The van der Waals surface area contributed by atoms with Crippen molar-refractivity contribution >= 4 is 11.2 Å². The molecule has 0 unspecified atom stereocenters. The van der Waals surface area contributed by atoms with Gasteiger partial charge in [-0.1, -0.05) is 18.2 Å².